The molecule has 3 aromatic carbocycles. The Balaban J connectivity index is 1.31. The Bertz CT molecular complexity index is 1340. The Kier molecular flexibility index (Phi) is 7.87. The molecule has 0 unspecified atom stereocenters. The monoisotopic (exact) mass is 491 g/mol. The highest BCUT2D eigenvalue weighted by atomic mass is 19.1. The van der Waals surface area contributed by atoms with Gasteiger partial charge in [0.2, 0.25) is 5.91 Å². The third-order valence-corrected chi connectivity index (χ3v) is 4.95. The van der Waals surface area contributed by atoms with E-state index in [4.69, 9.17) is 18.7 Å². The van der Waals surface area contributed by atoms with Crippen LogP contribution in [0.25, 0.3) is 0 Å². The largest absolute Gasteiger partial charge is 0.495 e. The van der Waals surface area contributed by atoms with Crippen LogP contribution in [0.3, 0.4) is 0 Å². The van der Waals surface area contributed by atoms with E-state index >= 15 is 0 Å². The third-order valence-electron chi connectivity index (χ3n) is 4.95. The van der Waals surface area contributed by atoms with Crippen molar-refractivity contribution >= 4 is 17.6 Å². The second-order valence-corrected chi connectivity index (χ2v) is 7.52. The Morgan fingerprint density at radius 1 is 0.944 bits per heavy atom. The molecule has 4 rings (SSSR count). The first-order valence-corrected chi connectivity index (χ1v) is 10.9. The number of carbonyl (C=O) groups excluding carboxylic acids is 2. The number of nitrogens with zero attached hydrogens (tertiary/aromatic N) is 2. The number of esters is 1. The summed E-state index contributed by atoms with van der Waals surface area (Å²) in [6.45, 7) is -0.138. The van der Waals surface area contributed by atoms with E-state index in [2.05, 4.69) is 15.5 Å². The van der Waals surface area contributed by atoms with Crippen molar-refractivity contribution in [1.82, 2.24) is 10.1 Å². The predicted octanol–water partition coefficient (Wildman–Crippen LogP) is 4.33. The van der Waals surface area contributed by atoms with E-state index in [0.29, 0.717) is 17.2 Å². The Hall–Kier alpha value is -4.73. The van der Waals surface area contributed by atoms with Crippen LogP contribution in [0.1, 0.15) is 27.6 Å². The number of benzene rings is 3. The van der Waals surface area contributed by atoms with E-state index in [1.165, 1.54) is 19.2 Å². The zero-order valence-electron chi connectivity index (χ0n) is 19.3. The van der Waals surface area contributed by atoms with Crippen molar-refractivity contribution in [3.63, 3.8) is 0 Å². The normalized spacial score (nSPS) is 10.5. The van der Waals surface area contributed by atoms with Gasteiger partial charge in [0.1, 0.15) is 29.5 Å². The predicted molar refractivity (Wildman–Crippen MR) is 126 cm³/mol. The van der Waals surface area contributed by atoms with Crippen molar-refractivity contribution < 1.29 is 32.7 Å². The van der Waals surface area contributed by atoms with E-state index in [-0.39, 0.29) is 48.6 Å². The molecule has 4 aromatic rings. The van der Waals surface area contributed by atoms with Gasteiger partial charge in [-0.25, -0.2) is 9.18 Å². The average Bonchev–Trinajstić information content (AvgIpc) is 3.34. The van der Waals surface area contributed by atoms with Crippen LogP contribution in [-0.2, 0) is 29.2 Å². The molecule has 0 saturated carbocycles. The summed E-state index contributed by atoms with van der Waals surface area (Å²) in [4.78, 5) is 29.0. The maximum Gasteiger partial charge on any atom is 0.342 e. The highest BCUT2D eigenvalue weighted by Crippen LogP contribution is 2.23. The standard InChI is InChI=1S/C26H22FN3O6/c1-33-22-9-5-3-7-20(22)28-24(31)14-23-29-25(36-30-23)16-35-26(32)19-6-2-4-8-21(19)34-15-17-10-12-18(27)13-11-17/h2-13H,14-16H2,1H3,(H,28,31). The molecule has 9 nitrogen and oxygen atoms in total. The molecule has 1 heterocycles. The van der Waals surface area contributed by atoms with Crippen molar-refractivity contribution in [2.45, 2.75) is 19.6 Å². The van der Waals surface area contributed by atoms with Crippen LogP contribution in [0.15, 0.2) is 77.3 Å². The number of halogens is 1. The minimum Gasteiger partial charge on any atom is -0.495 e. The maximum atomic E-state index is 13.1. The minimum absolute atomic E-state index is 0.0353. The Morgan fingerprint density at radius 3 is 2.44 bits per heavy atom. The molecule has 0 bridgehead atoms. The lowest BCUT2D eigenvalue weighted by Gasteiger charge is -2.10. The number of nitrogens with one attached hydrogen (secondary N) is 1. The van der Waals surface area contributed by atoms with Gasteiger partial charge in [0.25, 0.3) is 5.89 Å². The van der Waals surface area contributed by atoms with E-state index in [0.717, 1.165) is 5.56 Å². The quantitative estimate of drug-likeness (QED) is 0.326. The molecule has 0 aliphatic carbocycles. The van der Waals surface area contributed by atoms with Crippen LogP contribution in [0.5, 0.6) is 11.5 Å². The number of methoxy groups -OCH3 is 1. The zero-order chi connectivity index (χ0) is 25.3. The molecule has 0 fully saturated rings. The first kappa shape index (κ1) is 24.4. The van der Waals surface area contributed by atoms with Gasteiger partial charge in [-0.1, -0.05) is 41.6 Å². The number of hydrogen-bond acceptors (Lipinski definition) is 8. The summed E-state index contributed by atoms with van der Waals surface area (Å²) in [6, 6.07) is 19.4. The Labute approximate surface area is 205 Å². The van der Waals surface area contributed by atoms with E-state index in [9.17, 15) is 14.0 Å². The minimum atomic E-state index is -0.654. The van der Waals surface area contributed by atoms with Crippen molar-refractivity contribution in [3.05, 3.63) is 101 Å². The van der Waals surface area contributed by atoms with Gasteiger partial charge in [0.15, 0.2) is 12.4 Å². The summed E-state index contributed by atoms with van der Waals surface area (Å²) in [5.74, 6) is -0.359. The van der Waals surface area contributed by atoms with Gasteiger partial charge in [-0.15, -0.1) is 0 Å². The molecule has 184 valence electrons. The van der Waals surface area contributed by atoms with Crippen molar-refractivity contribution in [1.29, 1.82) is 0 Å². The number of carbonyl (C=O) groups is 2. The maximum absolute atomic E-state index is 13.1. The number of aromatic nitrogens is 2. The molecular formula is C26H22FN3O6. The number of anilines is 1. The van der Waals surface area contributed by atoms with Gasteiger partial charge in [0.05, 0.1) is 19.2 Å². The first-order valence-electron chi connectivity index (χ1n) is 10.9. The second-order valence-electron chi connectivity index (χ2n) is 7.52. The number of rotatable bonds is 10. The van der Waals surface area contributed by atoms with E-state index in [1.807, 2.05) is 0 Å². The average molecular weight is 491 g/mol. The van der Waals surface area contributed by atoms with Crippen LogP contribution >= 0.6 is 0 Å². The lowest BCUT2D eigenvalue weighted by Crippen LogP contribution is -2.15. The molecule has 1 amide bonds. The van der Waals surface area contributed by atoms with Gasteiger partial charge in [-0.05, 0) is 42.0 Å². The first-order chi connectivity index (χ1) is 17.5. The lowest BCUT2D eigenvalue weighted by molar-refractivity contribution is -0.115. The molecule has 1 aromatic heterocycles. The van der Waals surface area contributed by atoms with Gasteiger partial charge < -0.3 is 24.1 Å². The number of hydrogen-bond donors (Lipinski definition) is 1. The van der Waals surface area contributed by atoms with Gasteiger partial charge in [0, 0.05) is 0 Å². The van der Waals surface area contributed by atoms with Gasteiger partial charge in [-0.3, -0.25) is 4.79 Å². The summed E-state index contributed by atoms with van der Waals surface area (Å²) in [7, 11) is 1.51. The van der Waals surface area contributed by atoms with Crippen LogP contribution in [0, 0.1) is 5.82 Å². The number of para-hydroxylation sites is 3. The SMILES string of the molecule is COc1ccccc1NC(=O)Cc1noc(COC(=O)c2ccccc2OCc2ccc(F)cc2)n1. The van der Waals surface area contributed by atoms with Crippen LogP contribution in [0.2, 0.25) is 0 Å². The van der Waals surface area contributed by atoms with Crippen molar-refractivity contribution in [2.24, 2.45) is 0 Å². The van der Waals surface area contributed by atoms with Crippen molar-refractivity contribution in [3.8, 4) is 11.5 Å². The van der Waals surface area contributed by atoms with E-state index in [1.54, 1.807) is 60.7 Å². The molecule has 0 radical (unpaired) electrons. The molecular weight excluding hydrogens is 469 g/mol. The molecule has 0 aliphatic heterocycles. The molecule has 0 spiro atoms. The third kappa shape index (κ3) is 6.44. The molecule has 0 aliphatic rings. The van der Waals surface area contributed by atoms with Crippen LogP contribution in [0.4, 0.5) is 10.1 Å². The van der Waals surface area contributed by atoms with Crippen molar-refractivity contribution in [2.75, 3.05) is 12.4 Å². The summed E-state index contributed by atoms with van der Waals surface area (Å²) in [5.41, 5.74) is 1.46. The van der Waals surface area contributed by atoms with Gasteiger partial charge in [-0.2, -0.15) is 4.98 Å². The topological polar surface area (TPSA) is 113 Å². The summed E-state index contributed by atoms with van der Waals surface area (Å²) in [5, 5.41) is 6.48. The lowest BCUT2D eigenvalue weighted by atomic mass is 10.2. The molecule has 0 saturated heterocycles. The molecule has 10 heteroatoms. The van der Waals surface area contributed by atoms with E-state index < -0.39 is 5.97 Å². The second kappa shape index (κ2) is 11.6. The molecule has 1 N–H and O–H groups in total. The van der Waals surface area contributed by atoms with Crippen LogP contribution < -0.4 is 14.8 Å². The van der Waals surface area contributed by atoms with Crippen LogP contribution in [-0.4, -0.2) is 29.1 Å². The zero-order valence-corrected chi connectivity index (χ0v) is 19.3. The summed E-state index contributed by atoms with van der Waals surface area (Å²) in [6.07, 6.45) is -0.143. The number of amides is 1. The fourth-order valence-corrected chi connectivity index (χ4v) is 3.21. The summed E-state index contributed by atoms with van der Waals surface area (Å²) >= 11 is 0. The highest BCUT2D eigenvalue weighted by Gasteiger charge is 2.17. The smallest absolute Gasteiger partial charge is 0.342 e. The fourth-order valence-electron chi connectivity index (χ4n) is 3.21. The fraction of sp³-hybridized carbons (Fsp3) is 0.154. The Morgan fingerprint density at radius 2 is 1.67 bits per heavy atom. The van der Waals surface area contributed by atoms with Gasteiger partial charge >= 0.3 is 5.97 Å². The molecule has 36 heavy (non-hydrogen) atoms. The highest BCUT2D eigenvalue weighted by molar-refractivity contribution is 5.93. The summed E-state index contributed by atoms with van der Waals surface area (Å²) < 4.78 is 34.4. The molecule has 0 atom stereocenters. The number of ether oxygens (including phenoxy) is 3.